The summed E-state index contributed by atoms with van der Waals surface area (Å²) in [4.78, 5) is 11.7. The van der Waals surface area contributed by atoms with E-state index in [2.05, 4.69) is 17.9 Å². The molecule has 0 saturated carbocycles. The van der Waals surface area contributed by atoms with Gasteiger partial charge in [0.05, 0.1) is 6.10 Å². The van der Waals surface area contributed by atoms with Gasteiger partial charge in [0.25, 0.3) is 0 Å². The smallest absolute Gasteiger partial charge is 0.166 e. The van der Waals surface area contributed by atoms with Crippen molar-refractivity contribution in [3.8, 4) is 0 Å². The number of carbonyl (C=O) groups is 1. The van der Waals surface area contributed by atoms with Crippen LogP contribution in [-0.4, -0.2) is 25.8 Å². The SMILES string of the molecule is COCOC1/C=C\CCCC(=O)C(C)=C=CCC1. The number of methoxy groups -OCH3 is 1. The fourth-order valence-electron chi connectivity index (χ4n) is 1.76. The largest absolute Gasteiger partial charge is 0.359 e. The van der Waals surface area contributed by atoms with Gasteiger partial charge < -0.3 is 9.47 Å². The minimum atomic E-state index is 0.0819. The van der Waals surface area contributed by atoms with E-state index in [1.165, 1.54) is 0 Å². The Balaban J connectivity index is 2.62. The van der Waals surface area contributed by atoms with Gasteiger partial charge in [-0.2, -0.15) is 0 Å². The summed E-state index contributed by atoms with van der Waals surface area (Å²) in [5, 5.41) is 0. The van der Waals surface area contributed by atoms with E-state index >= 15 is 0 Å². The van der Waals surface area contributed by atoms with Crippen LogP contribution in [0.25, 0.3) is 0 Å². The average Bonchev–Trinajstić information content (AvgIpc) is 2.37. The number of rotatable bonds is 3. The van der Waals surface area contributed by atoms with E-state index < -0.39 is 0 Å². The first-order valence-corrected chi connectivity index (χ1v) is 6.46. The van der Waals surface area contributed by atoms with Crippen LogP contribution < -0.4 is 0 Å². The predicted molar refractivity (Wildman–Crippen MR) is 71.3 cm³/mol. The second kappa shape index (κ2) is 8.87. The molecule has 0 amide bonds. The molecule has 3 nitrogen and oxygen atoms in total. The van der Waals surface area contributed by atoms with Crippen molar-refractivity contribution in [3.63, 3.8) is 0 Å². The summed E-state index contributed by atoms with van der Waals surface area (Å²) in [6.07, 6.45) is 10.3. The number of hydrogen-bond acceptors (Lipinski definition) is 3. The van der Waals surface area contributed by atoms with Gasteiger partial charge in [-0.1, -0.05) is 12.2 Å². The average molecular weight is 250 g/mol. The van der Waals surface area contributed by atoms with Crippen molar-refractivity contribution >= 4 is 5.78 Å². The molecular weight excluding hydrogens is 228 g/mol. The van der Waals surface area contributed by atoms with Crippen LogP contribution in [0.3, 0.4) is 0 Å². The van der Waals surface area contributed by atoms with Crippen LogP contribution >= 0.6 is 0 Å². The zero-order valence-corrected chi connectivity index (χ0v) is 11.3. The summed E-state index contributed by atoms with van der Waals surface area (Å²) in [5.41, 5.74) is 3.79. The highest BCUT2D eigenvalue weighted by atomic mass is 16.7. The maximum Gasteiger partial charge on any atom is 0.166 e. The van der Waals surface area contributed by atoms with Crippen molar-refractivity contribution in [2.75, 3.05) is 13.9 Å². The second-order valence-corrected chi connectivity index (χ2v) is 4.41. The first-order chi connectivity index (χ1) is 8.74. The first kappa shape index (κ1) is 14.9. The monoisotopic (exact) mass is 250 g/mol. The quantitative estimate of drug-likeness (QED) is 0.438. The Kier molecular flexibility index (Phi) is 7.35. The molecule has 1 aliphatic carbocycles. The molecule has 18 heavy (non-hydrogen) atoms. The van der Waals surface area contributed by atoms with Crippen molar-refractivity contribution in [1.29, 1.82) is 0 Å². The minimum Gasteiger partial charge on any atom is -0.359 e. The fraction of sp³-hybridized carbons (Fsp3) is 0.600. The van der Waals surface area contributed by atoms with Gasteiger partial charge in [-0.05, 0) is 38.7 Å². The predicted octanol–water partition coefficient (Wildman–Crippen LogP) is 3.17. The number of Topliss-reactive ketones (excluding diaryl/α,β-unsaturated/α-hetero) is 1. The lowest BCUT2D eigenvalue weighted by Crippen LogP contribution is -2.11. The molecule has 1 atom stereocenters. The zero-order valence-electron chi connectivity index (χ0n) is 11.3. The molecule has 0 spiro atoms. The van der Waals surface area contributed by atoms with Gasteiger partial charge in [-0.25, -0.2) is 0 Å². The Morgan fingerprint density at radius 2 is 2.28 bits per heavy atom. The summed E-state index contributed by atoms with van der Waals surface area (Å²) >= 11 is 0. The molecule has 0 N–H and O–H groups in total. The highest BCUT2D eigenvalue weighted by molar-refractivity contribution is 5.94. The highest BCUT2D eigenvalue weighted by Crippen LogP contribution is 2.10. The third-order valence-corrected chi connectivity index (χ3v) is 2.86. The number of allylic oxidation sites excluding steroid dienone is 2. The van der Waals surface area contributed by atoms with Gasteiger partial charge >= 0.3 is 0 Å². The number of carbonyl (C=O) groups excluding carboxylic acids is 1. The molecule has 1 unspecified atom stereocenters. The van der Waals surface area contributed by atoms with Crippen LogP contribution in [0.15, 0.2) is 29.5 Å². The summed E-state index contributed by atoms with van der Waals surface area (Å²) in [6.45, 7) is 2.14. The van der Waals surface area contributed by atoms with Crippen molar-refractivity contribution < 1.29 is 14.3 Å². The first-order valence-electron chi connectivity index (χ1n) is 6.46. The van der Waals surface area contributed by atoms with Gasteiger partial charge in [0.2, 0.25) is 0 Å². The highest BCUT2D eigenvalue weighted by Gasteiger charge is 2.06. The van der Waals surface area contributed by atoms with Crippen molar-refractivity contribution in [2.45, 2.75) is 45.1 Å². The molecule has 0 heterocycles. The lowest BCUT2D eigenvalue weighted by atomic mass is 10.1. The molecule has 1 aliphatic rings. The number of ketones is 1. The molecule has 0 aromatic carbocycles. The summed E-state index contributed by atoms with van der Waals surface area (Å²) in [6, 6.07) is 0. The standard InChI is InChI=1S/C15H22O3/c1-13-8-6-7-10-14(18-12-17-2)9-4-3-5-11-15(13)16/h4,6,9,14H,3,5,7,10-12H2,1-2H3/b9-4-. The summed E-state index contributed by atoms with van der Waals surface area (Å²) in [7, 11) is 1.62. The molecule has 3 heteroatoms. The number of ether oxygens (including phenoxy) is 2. The van der Waals surface area contributed by atoms with Crippen LogP contribution in [0.5, 0.6) is 0 Å². The van der Waals surface area contributed by atoms with Gasteiger partial charge in [0.15, 0.2) is 5.78 Å². The Morgan fingerprint density at radius 3 is 3.06 bits per heavy atom. The Hall–Kier alpha value is -1.15. The van der Waals surface area contributed by atoms with Crippen LogP contribution in [-0.2, 0) is 14.3 Å². The van der Waals surface area contributed by atoms with Crippen LogP contribution in [0, 0.1) is 0 Å². The molecule has 0 aromatic rings. The van der Waals surface area contributed by atoms with Crippen LogP contribution in [0.1, 0.15) is 39.0 Å². The maximum atomic E-state index is 11.7. The van der Waals surface area contributed by atoms with E-state index in [1.54, 1.807) is 7.11 Å². The normalized spacial score (nSPS) is 24.0. The molecule has 0 bridgehead atoms. The minimum absolute atomic E-state index is 0.0819. The summed E-state index contributed by atoms with van der Waals surface area (Å²) in [5.74, 6) is 0.201. The molecule has 0 fully saturated rings. The van der Waals surface area contributed by atoms with Gasteiger partial charge in [-0.3, -0.25) is 4.79 Å². The Morgan fingerprint density at radius 1 is 1.44 bits per heavy atom. The second-order valence-electron chi connectivity index (χ2n) is 4.41. The van der Waals surface area contributed by atoms with Crippen molar-refractivity contribution in [2.24, 2.45) is 0 Å². The summed E-state index contributed by atoms with van der Waals surface area (Å²) < 4.78 is 10.5. The van der Waals surface area contributed by atoms with Crippen LogP contribution in [0.2, 0.25) is 0 Å². The van der Waals surface area contributed by atoms with Crippen LogP contribution in [0.4, 0.5) is 0 Å². The topological polar surface area (TPSA) is 35.5 Å². The molecule has 0 saturated heterocycles. The molecule has 1 rings (SSSR count). The van der Waals surface area contributed by atoms with E-state index in [4.69, 9.17) is 9.47 Å². The third kappa shape index (κ3) is 5.97. The lowest BCUT2D eigenvalue weighted by molar-refractivity contribution is -0.115. The Bertz CT molecular complexity index is 349. The Labute approximate surface area is 109 Å². The van der Waals surface area contributed by atoms with E-state index in [0.717, 1.165) is 31.3 Å². The zero-order chi connectivity index (χ0) is 13.2. The van der Waals surface area contributed by atoms with E-state index in [1.807, 2.05) is 13.0 Å². The number of hydrogen-bond donors (Lipinski definition) is 0. The van der Waals surface area contributed by atoms with E-state index in [9.17, 15) is 4.79 Å². The van der Waals surface area contributed by atoms with E-state index in [0.29, 0.717) is 13.2 Å². The molecule has 0 radical (unpaired) electrons. The fourth-order valence-corrected chi connectivity index (χ4v) is 1.76. The third-order valence-electron chi connectivity index (χ3n) is 2.86. The molecular formula is C15H22O3. The van der Waals surface area contributed by atoms with Crippen molar-refractivity contribution in [3.05, 3.63) is 29.5 Å². The maximum absolute atomic E-state index is 11.7. The molecule has 0 aromatic heterocycles. The lowest BCUT2D eigenvalue weighted by Gasteiger charge is -2.12. The van der Waals surface area contributed by atoms with Gasteiger partial charge in [0, 0.05) is 19.1 Å². The van der Waals surface area contributed by atoms with Gasteiger partial charge in [-0.15, -0.1) is 5.73 Å². The van der Waals surface area contributed by atoms with Crippen molar-refractivity contribution in [1.82, 2.24) is 0 Å². The molecule has 100 valence electrons. The van der Waals surface area contributed by atoms with E-state index in [-0.39, 0.29) is 11.9 Å². The van der Waals surface area contributed by atoms with Gasteiger partial charge in [0.1, 0.15) is 6.79 Å². The molecule has 0 aliphatic heterocycles.